The molecule has 1 aliphatic rings. The maximum absolute atomic E-state index is 6.03. The zero-order valence-electron chi connectivity index (χ0n) is 10.3. The zero-order valence-corrected chi connectivity index (χ0v) is 12.6. The first-order valence-electron chi connectivity index (χ1n) is 6.16. The number of hydrogen-bond acceptors (Lipinski definition) is 2. The van der Waals surface area contributed by atoms with Crippen molar-refractivity contribution in [2.75, 3.05) is 4.90 Å². The van der Waals surface area contributed by atoms with E-state index in [0.29, 0.717) is 18.0 Å². The van der Waals surface area contributed by atoms with Crippen molar-refractivity contribution >= 4 is 33.3 Å². The van der Waals surface area contributed by atoms with E-state index in [1.165, 1.54) is 19.3 Å². The van der Waals surface area contributed by atoms with Gasteiger partial charge < -0.3 is 4.90 Å². The van der Waals surface area contributed by atoms with Gasteiger partial charge in [-0.25, -0.2) is 4.98 Å². The van der Waals surface area contributed by atoms with Crippen molar-refractivity contribution in [1.29, 1.82) is 0 Å². The minimum absolute atomic E-state index is 0.515. The lowest BCUT2D eigenvalue weighted by Gasteiger charge is -2.30. The number of alkyl halides is 1. The summed E-state index contributed by atoms with van der Waals surface area (Å²) < 4.78 is 0.997. The van der Waals surface area contributed by atoms with Gasteiger partial charge in [-0.15, -0.1) is 11.6 Å². The number of hydrogen-bond donors (Lipinski definition) is 0. The first kappa shape index (κ1) is 13.2. The Hall–Kier alpha value is -0.280. The van der Waals surface area contributed by atoms with Gasteiger partial charge in [-0.05, 0) is 48.2 Å². The number of nitrogens with zero attached hydrogens (tertiary/aromatic N) is 2. The molecule has 2 unspecified atom stereocenters. The Bertz CT molecular complexity index is 397. The van der Waals surface area contributed by atoms with E-state index in [1.54, 1.807) is 0 Å². The fraction of sp³-hybridized carbons (Fsp3) is 0.615. The van der Waals surface area contributed by atoms with E-state index in [4.69, 9.17) is 11.6 Å². The summed E-state index contributed by atoms with van der Waals surface area (Å²) in [5.74, 6) is 1.58. The summed E-state index contributed by atoms with van der Waals surface area (Å²) in [6, 6.07) is 3.25. The summed E-state index contributed by atoms with van der Waals surface area (Å²) in [7, 11) is 0. The molecule has 4 heteroatoms. The fourth-order valence-corrected chi connectivity index (χ4v) is 3.23. The predicted octanol–water partition coefficient (Wildman–Crippen LogP) is 4.35. The standard InChI is InChI=1S/C13H18BrClN2/c1-3-12-5-4-9(2)17(12)13-10(7-15)6-11(14)8-16-13/h6,8-9,12H,3-5,7H2,1-2H3. The zero-order chi connectivity index (χ0) is 12.4. The molecule has 1 saturated heterocycles. The molecule has 0 spiro atoms. The van der Waals surface area contributed by atoms with E-state index in [2.05, 4.69) is 45.7 Å². The Morgan fingerprint density at radius 1 is 1.53 bits per heavy atom. The third kappa shape index (κ3) is 2.60. The summed E-state index contributed by atoms with van der Waals surface area (Å²) in [6.45, 7) is 4.52. The largest absolute Gasteiger partial charge is 0.351 e. The van der Waals surface area contributed by atoms with Crippen LogP contribution in [0.4, 0.5) is 5.82 Å². The predicted molar refractivity (Wildman–Crippen MR) is 76.7 cm³/mol. The Balaban J connectivity index is 2.38. The number of halogens is 2. The van der Waals surface area contributed by atoms with E-state index in [-0.39, 0.29) is 0 Å². The van der Waals surface area contributed by atoms with Gasteiger partial charge in [-0.1, -0.05) is 6.92 Å². The minimum Gasteiger partial charge on any atom is -0.351 e. The van der Waals surface area contributed by atoms with Crippen LogP contribution in [0.1, 0.15) is 38.7 Å². The molecule has 0 aliphatic carbocycles. The number of pyridine rings is 1. The second-order valence-electron chi connectivity index (χ2n) is 4.67. The van der Waals surface area contributed by atoms with Gasteiger partial charge in [0.15, 0.2) is 0 Å². The number of aromatic nitrogens is 1. The van der Waals surface area contributed by atoms with Crippen molar-refractivity contribution in [3.63, 3.8) is 0 Å². The van der Waals surface area contributed by atoms with Crippen molar-refractivity contribution in [1.82, 2.24) is 4.98 Å². The van der Waals surface area contributed by atoms with Crippen LogP contribution >= 0.6 is 27.5 Å². The summed E-state index contributed by atoms with van der Waals surface area (Å²) in [6.07, 6.45) is 5.54. The van der Waals surface area contributed by atoms with E-state index in [1.807, 2.05) is 6.20 Å². The van der Waals surface area contributed by atoms with E-state index in [9.17, 15) is 0 Å². The maximum Gasteiger partial charge on any atom is 0.133 e. The van der Waals surface area contributed by atoms with Crippen LogP contribution in [0.25, 0.3) is 0 Å². The average Bonchev–Trinajstić information content (AvgIpc) is 2.70. The van der Waals surface area contributed by atoms with Gasteiger partial charge in [0.2, 0.25) is 0 Å². The maximum atomic E-state index is 6.03. The summed E-state index contributed by atoms with van der Waals surface area (Å²) in [5, 5.41) is 0. The van der Waals surface area contributed by atoms with E-state index in [0.717, 1.165) is 15.9 Å². The number of anilines is 1. The highest BCUT2D eigenvalue weighted by Crippen LogP contribution is 2.34. The van der Waals surface area contributed by atoms with Crippen LogP contribution in [0.15, 0.2) is 16.7 Å². The second kappa shape index (κ2) is 5.57. The van der Waals surface area contributed by atoms with Crippen molar-refractivity contribution < 1.29 is 0 Å². The highest BCUT2D eigenvalue weighted by atomic mass is 79.9. The van der Waals surface area contributed by atoms with Gasteiger partial charge in [0, 0.05) is 28.3 Å². The molecule has 94 valence electrons. The first-order chi connectivity index (χ1) is 8.17. The Kier molecular flexibility index (Phi) is 4.31. The molecule has 2 nitrogen and oxygen atoms in total. The minimum atomic E-state index is 0.515. The molecule has 2 rings (SSSR count). The molecule has 0 aromatic carbocycles. The van der Waals surface area contributed by atoms with E-state index >= 15 is 0 Å². The normalized spacial score (nSPS) is 24.4. The molecule has 2 atom stereocenters. The second-order valence-corrected chi connectivity index (χ2v) is 5.85. The van der Waals surface area contributed by atoms with Gasteiger partial charge in [-0.2, -0.15) is 0 Å². The van der Waals surface area contributed by atoms with Crippen molar-refractivity contribution in [2.24, 2.45) is 0 Å². The topological polar surface area (TPSA) is 16.1 Å². The molecule has 1 aliphatic heterocycles. The quantitative estimate of drug-likeness (QED) is 0.770. The van der Waals surface area contributed by atoms with Crippen molar-refractivity contribution in [3.8, 4) is 0 Å². The smallest absolute Gasteiger partial charge is 0.133 e. The molecule has 0 radical (unpaired) electrons. The van der Waals surface area contributed by atoms with Crippen LogP contribution in [-0.4, -0.2) is 17.1 Å². The lowest BCUT2D eigenvalue weighted by molar-refractivity contribution is 0.619. The highest BCUT2D eigenvalue weighted by molar-refractivity contribution is 9.10. The SMILES string of the molecule is CCC1CCC(C)N1c1ncc(Br)cc1CCl. The monoisotopic (exact) mass is 316 g/mol. The fourth-order valence-electron chi connectivity index (χ4n) is 2.66. The van der Waals surface area contributed by atoms with Crippen molar-refractivity contribution in [3.05, 3.63) is 22.3 Å². The van der Waals surface area contributed by atoms with Crippen molar-refractivity contribution in [2.45, 2.75) is 51.1 Å². The van der Waals surface area contributed by atoms with Gasteiger partial charge in [0.05, 0.1) is 5.88 Å². The molecule has 17 heavy (non-hydrogen) atoms. The Morgan fingerprint density at radius 3 is 2.94 bits per heavy atom. The molecule has 0 N–H and O–H groups in total. The lowest BCUT2D eigenvalue weighted by atomic mass is 10.1. The van der Waals surface area contributed by atoms with Gasteiger partial charge >= 0.3 is 0 Å². The van der Waals surface area contributed by atoms with Crippen LogP contribution in [0.5, 0.6) is 0 Å². The molecule has 0 saturated carbocycles. The molecule has 0 bridgehead atoms. The van der Waals surface area contributed by atoms with Gasteiger partial charge in [-0.3, -0.25) is 0 Å². The third-order valence-corrected chi connectivity index (χ3v) is 4.28. The number of rotatable bonds is 3. The van der Waals surface area contributed by atoms with E-state index < -0.39 is 0 Å². The van der Waals surface area contributed by atoms with Gasteiger partial charge in [0.25, 0.3) is 0 Å². The molecule has 2 heterocycles. The van der Waals surface area contributed by atoms with Crippen LogP contribution < -0.4 is 4.90 Å². The summed E-state index contributed by atoms with van der Waals surface area (Å²) in [5.41, 5.74) is 1.12. The molecule has 0 amide bonds. The summed E-state index contributed by atoms with van der Waals surface area (Å²) in [4.78, 5) is 7.02. The Labute approximate surface area is 116 Å². The molecule has 1 fully saturated rings. The Morgan fingerprint density at radius 2 is 2.29 bits per heavy atom. The third-order valence-electron chi connectivity index (χ3n) is 3.56. The average molecular weight is 318 g/mol. The van der Waals surface area contributed by atoms with Gasteiger partial charge in [0.1, 0.15) is 5.82 Å². The summed E-state index contributed by atoms with van der Waals surface area (Å²) >= 11 is 9.49. The molecular formula is C13H18BrClN2. The molecule has 1 aromatic heterocycles. The van der Waals surface area contributed by atoms with Crippen LogP contribution in [0, 0.1) is 0 Å². The highest BCUT2D eigenvalue weighted by Gasteiger charge is 2.31. The van der Waals surface area contributed by atoms with Crippen LogP contribution in [-0.2, 0) is 5.88 Å². The first-order valence-corrected chi connectivity index (χ1v) is 7.48. The molecular weight excluding hydrogens is 300 g/mol. The van der Waals surface area contributed by atoms with Crippen LogP contribution in [0.2, 0.25) is 0 Å². The molecule has 1 aromatic rings. The lowest BCUT2D eigenvalue weighted by Crippen LogP contribution is -2.35. The van der Waals surface area contributed by atoms with Crippen LogP contribution in [0.3, 0.4) is 0 Å².